The van der Waals surface area contributed by atoms with E-state index in [2.05, 4.69) is 4.74 Å². The van der Waals surface area contributed by atoms with Gasteiger partial charge in [0.05, 0.1) is 6.61 Å². The predicted octanol–water partition coefficient (Wildman–Crippen LogP) is -0.319. The van der Waals surface area contributed by atoms with E-state index in [-0.39, 0.29) is 5.92 Å². The number of aliphatic hydroxyl groups is 2. The highest BCUT2D eigenvalue weighted by Crippen LogP contribution is 2.25. The van der Waals surface area contributed by atoms with Crippen LogP contribution < -0.4 is 0 Å². The van der Waals surface area contributed by atoms with Crippen LogP contribution in [0.4, 0.5) is 0 Å². The van der Waals surface area contributed by atoms with Crippen molar-refractivity contribution in [1.29, 1.82) is 0 Å². The number of rotatable bonds is 0. The average molecular weight is 118 g/mol. The second kappa shape index (κ2) is 1.69. The van der Waals surface area contributed by atoms with Gasteiger partial charge in [-0.15, -0.1) is 0 Å². The summed E-state index contributed by atoms with van der Waals surface area (Å²) < 4.78 is 4.56. The van der Waals surface area contributed by atoms with Gasteiger partial charge in [0.2, 0.25) is 0 Å². The summed E-state index contributed by atoms with van der Waals surface area (Å²) in [6.07, 6.45) is 0.729. The van der Waals surface area contributed by atoms with Gasteiger partial charge in [0.1, 0.15) is 0 Å². The SMILES string of the molecule is CC1CCOC1(O)O. The second-order valence-corrected chi connectivity index (χ2v) is 2.20. The lowest BCUT2D eigenvalue weighted by molar-refractivity contribution is -0.332. The highest BCUT2D eigenvalue weighted by Gasteiger charge is 2.37. The maximum Gasteiger partial charge on any atom is 0.280 e. The van der Waals surface area contributed by atoms with Gasteiger partial charge in [-0.25, -0.2) is 0 Å². The zero-order chi connectivity index (χ0) is 6.20. The van der Waals surface area contributed by atoms with Crippen LogP contribution in [0, 0.1) is 5.92 Å². The Hall–Kier alpha value is -0.120. The van der Waals surface area contributed by atoms with Crippen molar-refractivity contribution >= 4 is 0 Å². The number of ether oxygens (including phenoxy) is 1. The lowest BCUT2D eigenvalue weighted by Crippen LogP contribution is -2.32. The first-order valence-corrected chi connectivity index (χ1v) is 2.71. The summed E-state index contributed by atoms with van der Waals surface area (Å²) in [6, 6.07) is 0. The molecule has 3 nitrogen and oxygen atoms in total. The Morgan fingerprint density at radius 2 is 2.25 bits per heavy atom. The van der Waals surface area contributed by atoms with E-state index in [1.54, 1.807) is 6.92 Å². The van der Waals surface area contributed by atoms with E-state index < -0.39 is 5.97 Å². The fourth-order valence-electron chi connectivity index (χ4n) is 0.716. The number of hydrogen-bond donors (Lipinski definition) is 2. The molecule has 1 fully saturated rings. The van der Waals surface area contributed by atoms with E-state index in [0.29, 0.717) is 6.61 Å². The smallest absolute Gasteiger partial charge is 0.280 e. The molecule has 1 saturated heterocycles. The van der Waals surface area contributed by atoms with Gasteiger partial charge in [-0.3, -0.25) is 0 Å². The summed E-state index contributed by atoms with van der Waals surface area (Å²) >= 11 is 0. The van der Waals surface area contributed by atoms with E-state index in [1.807, 2.05) is 0 Å². The largest absolute Gasteiger partial charge is 0.343 e. The Bertz CT molecular complexity index is 89.7. The first-order chi connectivity index (χ1) is 3.63. The van der Waals surface area contributed by atoms with Crippen LogP contribution in [0.15, 0.2) is 0 Å². The summed E-state index contributed by atoms with van der Waals surface area (Å²) in [7, 11) is 0. The van der Waals surface area contributed by atoms with Crippen LogP contribution >= 0.6 is 0 Å². The lowest BCUT2D eigenvalue weighted by Gasteiger charge is -2.17. The minimum atomic E-state index is -1.85. The molecule has 0 aromatic heterocycles. The molecule has 1 rings (SSSR count). The Labute approximate surface area is 47.9 Å². The molecule has 2 N–H and O–H groups in total. The van der Waals surface area contributed by atoms with E-state index in [9.17, 15) is 0 Å². The first kappa shape index (κ1) is 6.01. The Morgan fingerprint density at radius 1 is 1.62 bits per heavy atom. The monoisotopic (exact) mass is 118 g/mol. The zero-order valence-corrected chi connectivity index (χ0v) is 4.79. The maximum atomic E-state index is 8.80. The van der Waals surface area contributed by atoms with Gasteiger partial charge in [0, 0.05) is 5.92 Å². The van der Waals surface area contributed by atoms with Crippen LogP contribution in [0.25, 0.3) is 0 Å². The summed E-state index contributed by atoms with van der Waals surface area (Å²) in [6.45, 7) is 2.20. The highest BCUT2D eigenvalue weighted by molar-refractivity contribution is 4.68. The average Bonchev–Trinajstić information content (AvgIpc) is 1.86. The normalized spacial score (nSPS) is 35.6. The van der Waals surface area contributed by atoms with Crippen molar-refractivity contribution in [2.45, 2.75) is 19.3 Å². The van der Waals surface area contributed by atoms with Crippen molar-refractivity contribution in [3.63, 3.8) is 0 Å². The fourth-order valence-corrected chi connectivity index (χ4v) is 0.716. The summed E-state index contributed by atoms with van der Waals surface area (Å²) in [5.74, 6) is -2.00. The molecule has 0 saturated carbocycles. The molecule has 1 unspecified atom stereocenters. The predicted molar refractivity (Wildman–Crippen MR) is 26.9 cm³/mol. The topological polar surface area (TPSA) is 49.7 Å². The molecule has 0 bridgehead atoms. The fraction of sp³-hybridized carbons (Fsp3) is 1.00. The standard InChI is InChI=1S/C5H10O3/c1-4-2-3-8-5(4,6)7/h4,6-7H,2-3H2,1H3. The first-order valence-electron chi connectivity index (χ1n) is 2.71. The molecular formula is C5H10O3. The van der Waals surface area contributed by atoms with Crippen LogP contribution in [0.3, 0.4) is 0 Å². The Balaban J connectivity index is 2.54. The van der Waals surface area contributed by atoms with Gasteiger partial charge in [-0.1, -0.05) is 6.92 Å². The molecule has 3 heteroatoms. The molecule has 48 valence electrons. The quantitative estimate of drug-likeness (QED) is 0.429. The van der Waals surface area contributed by atoms with Gasteiger partial charge < -0.3 is 14.9 Å². The third kappa shape index (κ3) is 0.844. The van der Waals surface area contributed by atoms with Crippen LogP contribution in [0.5, 0.6) is 0 Å². The van der Waals surface area contributed by atoms with Crippen molar-refractivity contribution < 1.29 is 14.9 Å². The van der Waals surface area contributed by atoms with Crippen molar-refractivity contribution in [1.82, 2.24) is 0 Å². The third-order valence-electron chi connectivity index (χ3n) is 1.51. The van der Waals surface area contributed by atoms with Crippen molar-refractivity contribution in [2.75, 3.05) is 6.61 Å². The van der Waals surface area contributed by atoms with E-state index in [1.165, 1.54) is 0 Å². The summed E-state index contributed by atoms with van der Waals surface area (Å²) in [4.78, 5) is 0. The lowest BCUT2D eigenvalue weighted by atomic mass is 10.1. The zero-order valence-electron chi connectivity index (χ0n) is 4.79. The van der Waals surface area contributed by atoms with Crippen LogP contribution in [-0.2, 0) is 4.74 Å². The molecule has 1 aliphatic heterocycles. The van der Waals surface area contributed by atoms with E-state index >= 15 is 0 Å². The van der Waals surface area contributed by atoms with Crippen LogP contribution in [-0.4, -0.2) is 22.8 Å². The third-order valence-corrected chi connectivity index (χ3v) is 1.51. The Kier molecular flexibility index (Phi) is 1.27. The molecule has 0 amide bonds. The van der Waals surface area contributed by atoms with Crippen LogP contribution in [0.1, 0.15) is 13.3 Å². The van der Waals surface area contributed by atoms with Crippen molar-refractivity contribution in [3.05, 3.63) is 0 Å². The molecule has 8 heavy (non-hydrogen) atoms. The Morgan fingerprint density at radius 3 is 2.38 bits per heavy atom. The molecule has 1 atom stereocenters. The molecule has 0 aliphatic carbocycles. The molecule has 0 radical (unpaired) electrons. The van der Waals surface area contributed by atoms with Crippen molar-refractivity contribution in [2.24, 2.45) is 5.92 Å². The van der Waals surface area contributed by atoms with Crippen LogP contribution in [0.2, 0.25) is 0 Å². The van der Waals surface area contributed by atoms with Gasteiger partial charge >= 0.3 is 0 Å². The molecule has 1 heterocycles. The van der Waals surface area contributed by atoms with Gasteiger partial charge in [-0.2, -0.15) is 0 Å². The molecular weight excluding hydrogens is 108 g/mol. The van der Waals surface area contributed by atoms with E-state index in [4.69, 9.17) is 10.2 Å². The molecule has 0 spiro atoms. The molecule has 1 aliphatic rings. The highest BCUT2D eigenvalue weighted by atomic mass is 16.8. The minimum Gasteiger partial charge on any atom is -0.343 e. The van der Waals surface area contributed by atoms with E-state index in [0.717, 1.165) is 6.42 Å². The summed E-state index contributed by atoms with van der Waals surface area (Å²) in [5, 5.41) is 17.6. The molecule has 0 aromatic carbocycles. The van der Waals surface area contributed by atoms with Gasteiger partial charge in [0.25, 0.3) is 5.97 Å². The van der Waals surface area contributed by atoms with Crippen molar-refractivity contribution in [3.8, 4) is 0 Å². The second-order valence-electron chi connectivity index (χ2n) is 2.20. The minimum absolute atomic E-state index is 0.150. The van der Waals surface area contributed by atoms with Gasteiger partial charge in [0.15, 0.2) is 0 Å². The summed E-state index contributed by atoms with van der Waals surface area (Å²) in [5.41, 5.74) is 0. The molecule has 0 aromatic rings. The van der Waals surface area contributed by atoms with Gasteiger partial charge in [-0.05, 0) is 6.42 Å². The maximum absolute atomic E-state index is 8.80. The number of hydrogen-bond acceptors (Lipinski definition) is 3.